The van der Waals surface area contributed by atoms with E-state index in [1.165, 1.54) is 21.8 Å². The normalized spacial score (nSPS) is 11.3. The molecule has 0 unspecified atom stereocenters. The number of benzene rings is 6. The molecule has 0 saturated carbocycles. The van der Waals surface area contributed by atoms with Crippen LogP contribution in [0.4, 0.5) is 0 Å². The molecule has 0 fully saturated rings. The average molecular weight is 540 g/mol. The van der Waals surface area contributed by atoms with E-state index < -0.39 is 0 Å². The first-order valence-corrected chi connectivity index (χ1v) is 14.0. The van der Waals surface area contributed by atoms with Crippen LogP contribution in [-0.4, -0.2) is 14.8 Å². The minimum atomic E-state index is 0.503. The molecule has 2 aromatic heterocycles. The van der Waals surface area contributed by atoms with Gasteiger partial charge in [-0.1, -0.05) is 97.1 Å². The lowest BCUT2D eigenvalue weighted by Gasteiger charge is -2.08. The van der Waals surface area contributed by atoms with Gasteiger partial charge >= 0.3 is 0 Å². The maximum atomic E-state index is 6.12. The number of para-hydroxylation sites is 2. The van der Waals surface area contributed by atoms with Gasteiger partial charge in [0.2, 0.25) is 11.8 Å². The van der Waals surface area contributed by atoms with Gasteiger partial charge in [-0.25, -0.2) is 0 Å². The molecule has 0 aliphatic heterocycles. The molecule has 0 spiro atoms. The van der Waals surface area contributed by atoms with Gasteiger partial charge in [-0.05, 0) is 76.9 Å². The summed E-state index contributed by atoms with van der Waals surface area (Å²) in [5.41, 5.74) is 9.89. The van der Waals surface area contributed by atoms with Crippen molar-refractivity contribution in [3.63, 3.8) is 0 Å². The van der Waals surface area contributed by atoms with Crippen LogP contribution >= 0.6 is 0 Å². The van der Waals surface area contributed by atoms with Crippen LogP contribution in [-0.2, 0) is 0 Å². The van der Waals surface area contributed by atoms with E-state index >= 15 is 0 Å². The van der Waals surface area contributed by atoms with E-state index in [-0.39, 0.29) is 0 Å². The monoisotopic (exact) mass is 539 g/mol. The van der Waals surface area contributed by atoms with Crippen molar-refractivity contribution in [2.24, 2.45) is 0 Å². The van der Waals surface area contributed by atoms with Gasteiger partial charge in [-0.15, -0.1) is 10.2 Å². The minimum Gasteiger partial charge on any atom is -0.416 e. The molecule has 2 heterocycles. The molecule has 0 saturated heterocycles. The van der Waals surface area contributed by atoms with Crippen LogP contribution in [0, 0.1) is 0 Å². The van der Waals surface area contributed by atoms with Crippen molar-refractivity contribution in [2.45, 2.75) is 0 Å². The van der Waals surface area contributed by atoms with E-state index in [1.807, 2.05) is 42.5 Å². The highest BCUT2D eigenvalue weighted by molar-refractivity contribution is 6.10. The predicted molar refractivity (Wildman–Crippen MR) is 170 cm³/mol. The van der Waals surface area contributed by atoms with Crippen LogP contribution in [0.5, 0.6) is 0 Å². The Morgan fingerprint density at radius 2 is 0.929 bits per heavy atom. The van der Waals surface area contributed by atoms with Crippen LogP contribution in [0.3, 0.4) is 0 Å². The Morgan fingerprint density at radius 1 is 0.381 bits per heavy atom. The molecule has 42 heavy (non-hydrogen) atoms. The molecule has 4 nitrogen and oxygen atoms in total. The standard InChI is InChI=1S/C38H25N3O/c1-3-10-26(11-4-1)29-12-9-13-31(24-29)38-40-39-37(42-38)28-20-18-27(19-21-28)30-22-23-36-34(25-30)33-16-7-8-17-35(33)41(36)32-14-5-2-6-15-32/h1-25H. The van der Waals surface area contributed by atoms with Gasteiger partial charge in [0.1, 0.15) is 0 Å². The van der Waals surface area contributed by atoms with Gasteiger partial charge in [0.25, 0.3) is 0 Å². The second-order valence-corrected chi connectivity index (χ2v) is 10.4. The zero-order valence-corrected chi connectivity index (χ0v) is 22.7. The lowest BCUT2D eigenvalue weighted by molar-refractivity contribution is 0.584. The Hall–Kier alpha value is -5.74. The van der Waals surface area contributed by atoms with Crippen LogP contribution in [0.2, 0.25) is 0 Å². The van der Waals surface area contributed by atoms with Crippen molar-refractivity contribution in [2.75, 3.05) is 0 Å². The Balaban J connectivity index is 1.12. The quantitative estimate of drug-likeness (QED) is 0.219. The molecule has 0 aliphatic carbocycles. The van der Waals surface area contributed by atoms with E-state index in [0.717, 1.165) is 39.1 Å². The predicted octanol–water partition coefficient (Wildman–Crippen LogP) is 9.83. The van der Waals surface area contributed by atoms with Crippen LogP contribution < -0.4 is 0 Å². The van der Waals surface area contributed by atoms with Gasteiger partial charge in [0.15, 0.2) is 0 Å². The maximum Gasteiger partial charge on any atom is 0.248 e. The SMILES string of the molecule is c1ccc(-c2cccc(-c3nnc(-c4ccc(-c5ccc6c(c5)c5ccccc5n6-c5ccccc5)cc4)o3)c2)cc1. The second kappa shape index (κ2) is 10.0. The van der Waals surface area contributed by atoms with Crippen molar-refractivity contribution < 1.29 is 4.42 Å². The zero-order chi connectivity index (χ0) is 27.9. The third-order valence-corrected chi connectivity index (χ3v) is 7.79. The summed E-state index contributed by atoms with van der Waals surface area (Å²) in [6, 6.07) is 52.6. The first kappa shape index (κ1) is 24.1. The number of hydrogen-bond donors (Lipinski definition) is 0. The number of aromatic nitrogens is 3. The van der Waals surface area contributed by atoms with E-state index in [0.29, 0.717) is 11.8 Å². The number of rotatable bonds is 5. The Kier molecular flexibility index (Phi) is 5.75. The van der Waals surface area contributed by atoms with Crippen LogP contribution in [0.15, 0.2) is 156 Å². The van der Waals surface area contributed by atoms with Gasteiger partial charge in [0, 0.05) is 27.6 Å². The first-order chi connectivity index (χ1) is 20.8. The van der Waals surface area contributed by atoms with Crippen LogP contribution in [0.25, 0.3) is 72.7 Å². The topological polar surface area (TPSA) is 43.9 Å². The smallest absolute Gasteiger partial charge is 0.248 e. The number of nitrogens with zero attached hydrogens (tertiary/aromatic N) is 3. The molecule has 0 bridgehead atoms. The molecule has 0 aliphatic rings. The summed E-state index contributed by atoms with van der Waals surface area (Å²) in [5.74, 6) is 1.01. The highest BCUT2D eigenvalue weighted by Crippen LogP contribution is 2.35. The summed E-state index contributed by atoms with van der Waals surface area (Å²) in [6.45, 7) is 0. The first-order valence-electron chi connectivity index (χ1n) is 14.0. The van der Waals surface area contributed by atoms with E-state index in [1.54, 1.807) is 0 Å². The summed E-state index contributed by atoms with van der Waals surface area (Å²) in [5, 5.41) is 11.2. The summed E-state index contributed by atoms with van der Waals surface area (Å²) in [4.78, 5) is 0. The lowest BCUT2D eigenvalue weighted by Crippen LogP contribution is -1.92. The molecular weight excluding hydrogens is 514 g/mol. The molecule has 4 heteroatoms. The summed E-state index contributed by atoms with van der Waals surface area (Å²) in [6.07, 6.45) is 0. The number of fused-ring (bicyclic) bond motifs is 3. The fraction of sp³-hybridized carbons (Fsp3) is 0. The Morgan fingerprint density at radius 3 is 1.74 bits per heavy atom. The van der Waals surface area contributed by atoms with Crippen molar-refractivity contribution in [1.29, 1.82) is 0 Å². The zero-order valence-electron chi connectivity index (χ0n) is 22.7. The van der Waals surface area contributed by atoms with Gasteiger partial charge in [-0.2, -0.15) is 0 Å². The third-order valence-electron chi connectivity index (χ3n) is 7.79. The van der Waals surface area contributed by atoms with E-state index in [9.17, 15) is 0 Å². The summed E-state index contributed by atoms with van der Waals surface area (Å²) in [7, 11) is 0. The van der Waals surface area contributed by atoms with Crippen molar-refractivity contribution in [3.8, 4) is 50.8 Å². The third kappa shape index (κ3) is 4.18. The maximum absolute atomic E-state index is 6.12. The van der Waals surface area contributed by atoms with Gasteiger partial charge in [-0.3, -0.25) is 0 Å². The summed E-state index contributed by atoms with van der Waals surface area (Å²) >= 11 is 0. The minimum absolute atomic E-state index is 0.503. The highest BCUT2D eigenvalue weighted by atomic mass is 16.4. The second-order valence-electron chi connectivity index (χ2n) is 10.4. The fourth-order valence-electron chi connectivity index (χ4n) is 5.73. The van der Waals surface area contributed by atoms with E-state index in [2.05, 4.69) is 124 Å². The molecule has 0 atom stereocenters. The molecule has 0 amide bonds. The van der Waals surface area contributed by atoms with Gasteiger partial charge in [0.05, 0.1) is 11.0 Å². The van der Waals surface area contributed by atoms with Crippen molar-refractivity contribution in [1.82, 2.24) is 14.8 Å². The number of hydrogen-bond acceptors (Lipinski definition) is 3. The highest BCUT2D eigenvalue weighted by Gasteiger charge is 2.14. The molecule has 8 rings (SSSR count). The van der Waals surface area contributed by atoms with E-state index in [4.69, 9.17) is 4.42 Å². The average Bonchev–Trinajstić information content (AvgIpc) is 3.69. The molecule has 198 valence electrons. The molecule has 6 aromatic carbocycles. The lowest BCUT2D eigenvalue weighted by atomic mass is 10.0. The molecule has 0 N–H and O–H groups in total. The Labute approximate surface area is 243 Å². The largest absolute Gasteiger partial charge is 0.416 e. The molecule has 8 aromatic rings. The molecule has 0 radical (unpaired) electrons. The Bertz CT molecular complexity index is 2180. The fourth-order valence-corrected chi connectivity index (χ4v) is 5.73. The van der Waals surface area contributed by atoms with Crippen molar-refractivity contribution >= 4 is 21.8 Å². The van der Waals surface area contributed by atoms with Crippen molar-refractivity contribution in [3.05, 3.63) is 152 Å². The van der Waals surface area contributed by atoms with Crippen LogP contribution in [0.1, 0.15) is 0 Å². The van der Waals surface area contributed by atoms with Gasteiger partial charge < -0.3 is 8.98 Å². The molecular formula is C38H25N3O. The summed E-state index contributed by atoms with van der Waals surface area (Å²) < 4.78 is 8.45.